The average molecular weight is 194 g/mol. The lowest BCUT2D eigenvalue weighted by Crippen LogP contribution is -2.30. The van der Waals surface area contributed by atoms with Crippen LogP contribution in [0.2, 0.25) is 0 Å². The molecule has 0 aromatic heterocycles. The third-order valence-electron chi connectivity index (χ3n) is 2.62. The Balaban J connectivity index is 1.98. The fourth-order valence-electron chi connectivity index (χ4n) is 1.89. The highest BCUT2D eigenvalue weighted by Crippen LogP contribution is 2.22. The number of rotatable bonds is 3. The van der Waals surface area contributed by atoms with Gasteiger partial charge in [0.25, 0.3) is 0 Å². The monoisotopic (exact) mass is 194 g/mol. The molecule has 0 saturated heterocycles. The molecule has 1 aromatic carbocycles. The third-order valence-corrected chi connectivity index (χ3v) is 2.62. The molecule has 1 aromatic rings. The molecule has 0 saturated carbocycles. The molecule has 1 unspecified atom stereocenters. The Kier molecular flexibility index (Phi) is 2.79. The van der Waals surface area contributed by atoms with Crippen LogP contribution in [0, 0.1) is 0 Å². The maximum Gasteiger partial charge on any atom is 0.125 e. The third kappa shape index (κ3) is 1.94. The van der Waals surface area contributed by atoms with Crippen molar-refractivity contribution in [3.05, 3.63) is 35.4 Å². The van der Waals surface area contributed by atoms with Crippen LogP contribution in [-0.4, -0.2) is 24.2 Å². The zero-order chi connectivity index (χ0) is 9.97. The van der Waals surface area contributed by atoms with Crippen LogP contribution in [-0.2, 0) is 13.1 Å². The Labute approximate surface area is 83.5 Å². The lowest BCUT2D eigenvalue weighted by atomic mass is 10.1. The zero-order valence-corrected chi connectivity index (χ0v) is 8.12. The second kappa shape index (κ2) is 4.07. The van der Waals surface area contributed by atoms with Crippen molar-refractivity contribution in [3.8, 4) is 0 Å². The number of nitrogens with two attached hydrogens (primary N) is 1. The van der Waals surface area contributed by atoms with Crippen molar-refractivity contribution >= 4 is 0 Å². The average Bonchev–Trinajstić information content (AvgIpc) is 2.59. The van der Waals surface area contributed by atoms with Gasteiger partial charge in [-0.25, -0.2) is 4.39 Å². The lowest BCUT2D eigenvalue weighted by Gasteiger charge is -2.16. The van der Waals surface area contributed by atoms with E-state index in [0.29, 0.717) is 6.54 Å². The second-order valence-corrected chi connectivity index (χ2v) is 3.77. The SMILES string of the molecule is NCC(F)CN1Cc2ccccc2C1. The van der Waals surface area contributed by atoms with Crippen LogP contribution in [0.25, 0.3) is 0 Å². The summed E-state index contributed by atoms with van der Waals surface area (Å²) < 4.78 is 13.0. The summed E-state index contributed by atoms with van der Waals surface area (Å²) in [6.45, 7) is 2.28. The lowest BCUT2D eigenvalue weighted by molar-refractivity contribution is 0.197. The van der Waals surface area contributed by atoms with Crippen LogP contribution in [0.5, 0.6) is 0 Å². The summed E-state index contributed by atoms with van der Waals surface area (Å²) in [5.41, 5.74) is 7.89. The van der Waals surface area contributed by atoms with E-state index in [1.807, 2.05) is 12.1 Å². The fourth-order valence-corrected chi connectivity index (χ4v) is 1.89. The van der Waals surface area contributed by atoms with E-state index in [2.05, 4.69) is 17.0 Å². The first-order valence-corrected chi connectivity index (χ1v) is 4.93. The number of nitrogens with zero attached hydrogens (tertiary/aromatic N) is 1. The first kappa shape index (κ1) is 9.62. The van der Waals surface area contributed by atoms with E-state index in [9.17, 15) is 4.39 Å². The molecule has 2 rings (SSSR count). The summed E-state index contributed by atoms with van der Waals surface area (Å²) >= 11 is 0. The van der Waals surface area contributed by atoms with Crippen molar-refractivity contribution in [1.29, 1.82) is 0 Å². The van der Waals surface area contributed by atoms with Gasteiger partial charge >= 0.3 is 0 Å². The van der Waals surface area contributed by atoms with Gasteiger partial charge in [0.1, 0.15) is 6.17 Å². The van der Waals surface area contributed by atoms with Gasteiger partial charge in [0.05, 0.1) is 0 Å². The summed E-state index contributed by atoms with van der Waals surface area (Å²) in [6, 6.07) is 8.26. The van der Waals surface area contributed by atoms with Crippen LogP contribution in [0.15, 0.2) is 24.3 Å². The number of benzene rings is 1. The number of hydrogen-bond acceptors (Lipinski definition) is 2. The van der Waals surface area contributed by atoms with Gasteiger partial charge in [0, 0.05) is 26.2 Å². The van der Waals surface area contributed by atoms with Crippen LogP contribution >= 0.6 is 0 Å². The van der Waals surface area contributed by atoms with Crippen LogP contribution in [0.1, 0.15) is 11.1 Å². The molecule has 2 nitrogen and oxygen atoms in total. The minimum absolute atomic E-state index is 0.118. The Hall–Kier alpha value is -0.930. The van der Waals surface area contributed by atoms with E-state index in [1.54, 1.807) is 0 Å². The summed E-state index contributed by atoms with van der Waals surface area (Å²) in [4.78, 5) is 2.10. The predicted molar refractivity (Wildman–Crippen MR) is 54.5 cm³/mol. The Morgan fingerprint density at radius 1 is 1.29 bits per heavy atom. The zero-order valence-electron chi connectivity index (χ0n) is 8.12. The van der Waals surface area contributed by atoms with Gasteiger partial charge in [0.2, 0.25) is 0 Å². The number of hydrogen-bond donors (Lipinski definition) is 1. The first-order valence-electron chi connectivity index (χ1n) is 4.93. The van der Waals surface area contributed by atoms with E-state index >= 15 is 0 Å². The van der Waals surface area contributed by atoms with Gasteiger partial charge in [-0.3, -0.25) is 4.90 Å². The van der Waals surface area contributed by atoms with Gasteiger partial charge < -0.3 is 5.73 Å². The van der Waals surface area contributed by atoms with Gasteiger partial charge in [-0.05, 0) is 11.1 Å². The smallest absolute Gasteiger partial charge is 0.125 e. The number of halogens is 1. The van der Waals surface area contributed by atoms with Crippen molar-refractivity contribution in [2.75, 3.05) is 13.1 Å². The van der Waals surface area contributed by atoms with Gasteiger partial charge in [-0.1, -0.05) is 24.3 Å². The maximum absolute atomic E-state index is 13.0. The van der Waals surface area contributed by atoms with E-state index in [-0.39, 0.29) is 6.54 Å². The van der Waals surface area contributed by atoms with Crippen LogP contribution < -0.4 is 5.73 Å². The Bertz CT molecular complexity index is 289. The molecule has 14 heavy (non-hydrogen) atoms. The molecule has 0 radical (unpaired) electrons. The minimum atomic E-state index is -0.899. The highest BCUT2D eigenvalue weighted by atomic mass is 19.1. The van der Waals surface area contributed by atoms with Crippen LogP contribution in [0.4, 0.5) is 4.39 Å². The molecule has 1 heterocycles. The van der Waals surface area contributed by atoms with Crippen molar-refractivity contribution in [1.82, 2.24) is 4.90 Å². The van der Waals surface area contributed by atoms with Gasteiger partial charge in [-0.2, -0.15) is 0 Å². The quantitative estimate of drug-likeness (QED) is 0.785. The molecule has 1 atom stereocenters. The summed E-state index contributed by atoms with van der Waals surface area (Å²) in [7, 11) is 0. The van der Waals surface area contributed by atoms with E-state index in [0.717, 1.165) is 13.1 Å². The topological polar surface area (TPSA) is 29.3 Å². The Morgan fingerprint density at radius 3 is 2.36 bits per heavy atom. The predicted octanol–water partition coefficient (Wildman–Crippen LogP) is 1.30. The van der Waals surface area contributed by atoms with Crippen molar-refractivity contribution in [2.24, 2.45) is 5.73 Å². The normalized spacial score (nSPS) is 18.1. The molecule has 0 bridgehead atoms. The maximum atomic E-state index is 13.0. The molecular formula is C11H15FN2. The van der Waals surface area contributed by atoms with Crippen LogP contribution in [0.3, 0.4) is 0 Å². The van der Waals surface area contributed by atoms with Crippen molar-refractivity contribution < 1.29 is 4.39 Å². The highest BCUT2D eigenvalue weighted by Gasteiger charge is 2.20. The molecule has 76 valence electrons. The standard InChI is InChI=1S/C11H15FN2/c12-11(5-13)8-14-6-9-3-1-2-4-10(9)7-14/h1-4,11H,5-8,13H2. The number of alkyl halides is 1. The molecular weight excluding hydrogens is 179 g/mol. The molecule has 0 amide bonds. The van der Waals surface area contributed by atoms with Gasteiger partial charge in [0.15, 0.2) is 0 Å². The molecule has 3 heteroatoms. The van der Waals surface area contributed by atoms with Crippen molar-refractivity contribution in [2.45, 2.75) is 19.3 Å². The number of fused-ring (bicyclic) bond motifs is 1. The second-order valence-electron chi connectivity index (χ2n) is 3.77. The molecule has 0 aliphatic carbocycles. The highest BCUT2D eigenvalue weighted by molar-refractivity contribution is 5.30. The van der Waals surface area contributed by atoms with Crippen molar-refractivity contribution in [3.63, 3.8) is 0 Å². The molecule has 1 aliphatic heterocycles. The summed E-state index contributed by atoms with van der Waals surface area (Å²) in [5.74, 6) is 0. The molecule has 1 aliphatic rings. The van der Waals surface area contributed by atoms with Gasteiger partial charge in [-0.15, -0.1) is 0 Å². The fraction of sp³-hybridized carbons (Fsp3) is 0.455. The molecule has 0 spiro atoms. The Morgan fingerprint density at radius 2 is 1.86 bits per heavy atom. The molecule has 0 fully saturated rings. The summed E-state index contributed by atoms with van der Waals surface area (Å²) in [6.07, 6.45) is -0.899. The largest absolute Gasteiger partial charge is 0.328 e. The first-order chi connectivity index (χ1) is 6.79. The molecule has 2 N–H and O–H groups in total. The minimum Gasteiger partial charge on any atom is -0.328 e. The van der Waals surface area contributed by atoms with E-state index in [1.165, 1.54) is 11.1 Å². The summed E-state index contributed by atoms with van der Waals surface area (Å²) in [5, 5.41) is 0. The van der Waals surface area contributed by atoms with E-state index in [4.69, 9.17) is 5.73 Å². The van der Waals surface area contributed by atoms with E-state index < -0.39 is 6.17 Å².